The van der Waals surface area contributed by atoms with Crippen LogP contribution in [0.2, 0.25) is 10.0 Å². The van der Waals surface area contributed by atoms with Crippen LogP contribution >= 0.6 is 55.1 Å². The fourth-order valence-electron chi connectivity index (χ4n) is 1.66. The zero-order valence-electron chi connectivity index (χ0n) is 10.7. The minimum Gasteiger partial charge on any atom is -0.496 e. The van der Waals surface area contributed by atoms with Crippen molar-refractivity contribution in [3.63, 3.8) is 0 Å². The second kappa shape index (κ2) is 7.01. The highest BCUT2D eigenvalue weighted by Crippen LogP contribution is 2.36. The van der Waals surface area contributed by atoms with Gasteiger partial charge in [-0.2, -0.15) is 0 Å². The Bertz CT molecular complexity index is 708. The van der Waals surface area contributed by atoms with Crippen molar-refractivity contribution in [1.29, 1.82) is 0 Å². The van der Waals surface area contributed by atoms with E-state index in [0.717, 1.165) is 4.47 Å². The zero-order valence-corrected chi connectivity index (χ0v) is 15.4. The second-order valence-corrected chi connectivity index (χ2v) is 6.55. The third-order valence-electron chi connectivity index (χ3n) is 2.69. The van der Waals surface area contributed by atoms with Crippen LogP contribution in [0.15, 0.2) is 39.3 Å². The molecule has 0 aliphatic heterocycles. The predicted molar refractivity (Wildman–Crippen MR) is 92.8 cm³/mol. The Labute approximate surface area is 148 Å². The smallest absolute Gasteiger partial charge is 0.259 e. The van der Waals surface area contributed by atoms with E-state index < -0.39 is 0 Å². The standard InChI is InChI=1S/C14H9Br2Cl2NO2/c1-21-11-6-7(15)2-3-8(11)14(20)19-10-5-4-9(16)12(17)13(10)18/h2-6H,1H3,(H,19,20). The van der Waals surface area contributed by atoms with E-state index in [2.05, 4.69) is 37.2 Å². The number of anilines is 1. The lowest BCUT2D eigenvalue weighted by Crippen LogP contribution is -2.13. The third kappa shape index (κ3) is 3.72. The van der Waals surface area contributed by atoms with Crippen molar-refractivity contribution in [2.24, 2.45) is 0 Å². The number of ether oxygens (including phenoxy) is 1. The van der Waals surface area contributed by atoms with Crippen molar-refractivity contribution in [1.82, 2.24) is 0 Å². The Hall–Kier alpha value is -0.750. The predicted octanol–water partition coefficient (Wildman–Crippen LogP) is 5.78. The maximum atomic E-state index is 12.3. The van der Waals surface area contributed by atoms with Crippen LogP contribution < -0.4 is 10.1 Å². The average molecular weight is 454 g/mol. The van der Waals surface area contributed by atoms with Gasteiger partial charge < -0.3 is 10.1 Å². The van der Waals surface area contributed by atoms with Gasteiger partial charge in [0.25, 0.3) is 5.91 Å². The van der Waals surface area contributed by atoms with Crippen LogP contribution in [0.25, 0.3) is 0 Å². The Morgan fingerprint density at radius 3 is 2.52 bits per heavy atom. The third-order valence-corrected chi connectivity index (χ3v) is 4.96. The summed E-state index contributed by atoms with van der Waals surface area (Å²) < 4.78 is 6.68. The molecule has 0 spiro atoms. The molecule has 2 rings (SSSR count). The maximum Gasteiger partial charge on any atom is 0.259 e. The lowest BCUT2D eigenvalue weighted by Gasteiger charge is -2.12. The maximum absolute atomic E-state index is 12.3. The van der Waals surface area contributed by atoms with Gasteiger partial charge in [-0.3, -0.25) is 4.79 Å². The molecule has 2 aromatic rings. The summed E-state index contributed by atoms with van der Waals surface area (Å²) in [5.74, 6) is 0.126. The second-order valence-electron chi connectivity index (χ2n) is 4.02. The number of nitrogens with one attached hydrogen (secondary N) is 1. The number of rotatable bonds is 3. The van der Waals surface area contributed by atoms with Crippen LogP contribution in [0.5, 0.6) is 5.75 Å². The molecule has 0 aliphatic carbocycles. The highest BCUT2D eigenvalue weighted by molar-refractivity contribution is 9.10. The van der Waals surface area contributed by atoms with E-state index >= 15 is 0 Å². The van der Waals surface area contributed by atoms with E-state index in [1.54, 1.807) is 30.3 Å². The minimum atomic E-state index is -0.334. The molecule has 0 radical (unpaired) electrons. The summed E-state index contributed by atoms with van der Waals surface area (Å²) in [5.41, 5.74) is 0.829. The lowest BCUT2D eigenvalue weighted by atomic mass is 10.2. The van der Waals surface area contributed by atoms with Crippen molar-refractivity contribution < 1.29 is 9.53 Å². The van der Waals surface area contributed by atoms with Gasteiger partial charge in [-0.25, -0.2) is 0 Å². The SMILES string of the molecule is COc1cc(Br)ccc1C(=O)Nc1ccc(Br)c(Cl)c1Cl. The van der Waals surface area contributed by atoms with Crippen molar-refractivity contribution >= 4 is 66.7 Å². The summed E-state index contributed by atoms with van der Waals surface area (Å²) in [6.45, 7) is 0. The van der Waals surface area contributed by atoms with Gasteiger partial charge in [0.05, 0.1) is 28.4 Å². The Kier molecular flexibility index (Phi) is 5.54. The van der Waals surface area contributed by atoms with Crippen LogP contribution in [0, 0.1) is 0 Å². The first-order valence-corrected chi connectivity index (χ1v) is 8.06. The summed E-state index contributed by atoms with van der Waals surface area (Å²) >= 11 is 18.7. The van der Waals surface area contributed by atoms with E-state index in [-0.39, 0.29) is 10.9 Å². The average Bonchev–Trinajstić information content (AvgIpc) is 2.47. The van der Waals surface area contributed by atoms with Crippen LogP contribution in [0.1, 0.15) is 10.4 Å². The number of amides is 1. The van der Waals surface area contributed by atoms with Gasteiger partial charge in [0.2, 0.25) is 0 Å². The normalized spacial score (nSPS) is 10.3. The molecule has 0 aromatic heterocycles. The molecular formula is C14H9Br2Cl2NO2. The van der Waals surface area contributed by atoms with Gasteiger partial charge in [-0.15, -0.1) is 0 Å². The van der Waals surface area contributed by atoms with Crippen molar-refractivity contribution in [3.05, 3.63) is 54.9 Å². The molecule has 1 N–H and O–H groups in total. The number of hydrogen-bond acceptors (Lipinski definition) is 2. The number of carbonyl (C=O) groups is 1. The summed E-state index contributed by atoms with van der Waals surface area (Å²) in [6, 6.07) is 8.51. The first-order chi connectivity index (χ1) is 9.93. The molecule has 0 atom stereocenters. The highest BCUT2D eigenvalue weighted by atomic mass is 79.9. The van der Waals surface area contributed by atoms with Crippen molar-refractivity contribution in [2.45, 2.75) is 0 Å². The van der Waals surface area contributed by atoms with E-state index in [1.165, 1.54) is 7.11 Å². The van der Waals surface area contributed by atoms with Gasteiger partial charge in [-0.1, -0.05) is 39.1 Å². The van der Waals surface area contributed by atoms with Gasteiger partial charge in [0.15, 0.2) is 0 Å². The summed E-state index contributed by atoms with van der Waals surface area (Å²) in [6.07, 6.45) is 0. The molecule has 3 nitrogen and oxygen atoms in total. The number of carbonyl (C=O) groups excluding carboxylic acids is 1. The summed E-state index contributed by atoms with van der Waals surface area (Å²) in [7, 11) is 1.50. The molecule has 0 bridgehead atoms. The highest BCUT2D eigenvalue weighted by Gasteiger charge is 2.16. The van der Waals surface area contributed by atoms with Gasteiger partial charge in [0, 0.05) is 8.95 Å². The molecule has 0 heterocycles. The molecule has 2 aromatic carbocycles. The molecule has 0 unspecified atom stereocenters. The lowest BCUT2D eigenvalue weighted by molar-refractivity contribution is 0.102. The molecule has 0 aliphatic rings. The molecule has 7 heteroatoms. The number of benzene rings is 2. The quantitative estimate of drug-likeness (QED) is 0.598. The Morgan fingerprint density at radius 2 is 1.86 bits per heavy atom. The molecule has 0 fully saturated rings. The minimum absolute atomic E-state index is 0.274. The van der Waals surface area contributed by atoms with Crippen molar-refractivity contribution in [2.75, 3.05) is 12.4 Å². The molecule has 110 valence electrons. The van der Waals surface area contributed by atoms with Crippen LogP contribution in [0.4, 0.5) is 5.69 Å². The topological polar surface area (TPSA) is 38.3 Å². The van der Waals surface area contributed by atoms with Crippen LogP contribution in [0.3, 0.4) is 0 Å². The number of hydrogen-bond donors (Lipinski definition) is 1. The van der Waals surface area contributed by atoms with E-state index in [4.69, 9.17) is 27.9 Å². The van der Waals surface area contributed by atoms with Gasteiger partial charge in [-0.05, 0) is 46.3 Å². The molecule has 0 saturated heterocycles. The van der Waals surface area contributed by atoms with Gasteiger partial charge >= 0.3 is 0 Å². The summed E-state index contributed by atoms with van der Waals surface area (Å²) in [5, 5.41) is 3.34. The molecular weight excluding hydrogens is 445 g/mol. The summed E-state index contributed by atoms with van der Waals surface area (Å²) in [4.78, 5) is 12.3. The fraction of sp³-hybridized carbons (Fsp3) is 0.0714. The number of methoxy groups -OCH3 is 1. The number of halogens is 4. The van der Waals surface area contributed by atoms with E-state index in [1.807, 2.05) is 0 Å². The fourth-order valence-corrected chi connectivity index (χ4v) is 2.83. The Morgan fingerprint density at radius 1 is 1.14 bits per heavy atom. The molecule has 0 saturated carbocycles. The first-order valence-electron chi connectivity index (χ1n) is 5.72. The van der Waals surface area contributed by atoms with Crippen LogP contribution in [-0.2, 0) is 0 Å². The molecule has 21 heavy (non-hydrogen) atoms. The van der Waals surface area contributed by atoms with E-state index in [0.29, 0.717) is 26.5 Å². The zero-order chi connectivity index (χ0) is 15.6. The monoisotopic (exact) mass is 451 g/mol. The Balaban J connectivity index is 2.33. The van der Waals surface area contributed by atoms with Gasteiger partial charge in [0.1, 0.15) is 5.75 Å². The first kappa shape index (κ1) is 16.6. The molecule has 1 amide bonds. The van der Waals surface area contributed by atoms with E-state index in [9.17, 15) is 4.79 Å². The largest absolute Gasteiger partial charge is 0.496 e. The van der Waals surface area contributed by atoms with Crippen molar-refractivity contribution in [3.8, 4) is 5.75 Å². The van der Waals surface area contributed by atoms with Crippen LogP contribution in [-0.4, -0.2) is 13.0 Å².